The zero-order chi connectivity index (χ0) is 18.7. The van der Waals surface area contributed by atoms with Gasteiger partial charge < -0.3 is 4.79 Å². The van der Waals surface area contributed by atoms with Crippen LogP contribution in [0.25, 0.3) is 22.4 Å². The Hall–Kier alpha value is -2.87. The monoisotopic (exact) mass is 396 g/mol. The molecule has 0 amide bonds. The van der Waals surface area contributed by atoms with Crippen molar-refractivity contribution in [2.75, 3.05) is 0 Å². The van der Waals surface area contributed by atoms with Gasteiger partial charge in [0.15, 0.2) is 0 Å². The molecule has 0 spiro atoms. The molecule has 0 aliphatic heterocycles. The fraction of sp³-hybridized carbons (Fsp3) is 0. The SMILES string of the molecule is O=[C-]C(=CC=Cc1ccccc1)c1ccccc1.[Ti+2].c1ccc2[cH-]ccc2c1. The summed E-state index contributed by atoms with van der Waals surface area (Å²) in [6.45, 7) is 0. The number of carbonyl (C=O) groups excluding carboxylic acids is 1. The first kappa shape index (κ1) is 21.4. The van der Waals surface area contributed by atoms with E-state index >= 15 is 0 Å². The van der Waals surface area contributed by atoms with E-state index in [4.69, 9.17) is 0 Å². The summed E-state index contributed by atoms with van der Waals surface area (Å²) in [6, 6.07) is 34.1. The Bertz CT molecular complexity index is 997. The molecule has 0 radical (unpaired) electrons. The summed E-state index contributed by atoms with van der Waals surface area (Å²) in [5, 5.41) is 2.66. The second kappa shape index (κ2) is 11.8. The molecule has 0 aromatic heterocycles. The maximum atomic E-state index is 10.9. The number of hydrogen-bond donors (Lipinski definition) is 0. The van der Waals surface area contributed by atoms with Crippen LogP contribution in [0.4, 0.5) is 0 Å². The molecule has 0 aliphatic rings. The largest absolute Gasteiger partial charge is 2.00 e. The Morgan fingerprint density at radius 1 is 0.786 bits per heavy atom. The van der Waals surface area contributed by atoms with Gasteiger partial charge in [0.1, 0.15) is 0 Å². The van der Waals surface area contributed by atoms with Gasteiger partial charge in [-0.1, -0.05) is 60.7 Å². The minimum absolute atomic E-state index is 0. The van der Waals surface area contributed by atoms with Gasteiger partial charge in [-0.3, -0.25) is 0 Å². The molecule has 0 heterocycles. The van der Waals surface area contributed by atoms with E-state index < -0.39 is 0 Å². The van der Waals surface area contributed by atoms with Gasteiger partial charge in [0.05, 0.1) is 6.29 Å². The molecule has 0 aliphatic carbocycles. The van der Waals surface area contributed by atoms with E-state index in [1.165, 1.54) is 10.8 Å². The Balaban J connectivity index is 0.000000235. The minimum Gasteiger partial charge on any atom is -0.376 e. The van der Waals surface area contributed by atoms with Gasteiger partial charge in [-0.25, -0.2) is 0 Å². The molecule has 2 heteroatoms. The number of allylic oxidation sites excluding steroid dienone is 3. The van der Waals surface area contributed by atoms with Crippen LogP contribution >= 0.6 is 0 Å². The summed E-state index contributed by atoms with van der Waals surface area (Å²) >= 11 is 0. The second-order valence-corrected chi connectivity index (χ2v) is 5.97. The van der Waals surface area contributed by atoms with Crippen molar-refractivity contribution in [3.05, 3.63) is 126 Å². The van der Waals surface area contributed by atoms with E-state index in [-0.39, 0.29) is 21.7 Å². The van der Waals surface area contributed by atoms with Gasteiger partial charge in [-0.05, 0) is 5.56 Å². The standard InChI is InChI=1S/C17H13O.C9H7.Ti/c18-14-17(16-11-5-2-6-12-16)13-7-10-15-8-3-1-4-9-15;1-2-5-9-7-3-6-8(9)4-1;/h1-13H;1-7H;/q2*-1;+2. The zero-order valence-corrected chi connectivity index (χ0v) is 17.0. The van der Waals surface area contributed by atoms with Crippen LogP contribution in [0.2, 0.25) is 0 Å². The van der Waals surface area contributed by atoms with Gasteiger partial charge in [-0.2, -0.15) is 23.6 Å². The molecule has 4 aromatic rings. The molecule has 4 rings (SSSR count). The molecular formula is C26H20OTi. The molecule has 0 saturated carbocycles. The quantitative estimate of drug-likeness (QED) is 0.168. The second-order valence-electron chi connectivity index (χ2n) is 5.97. The first-order valence-electron chi connectivity index (χ1n) is 8.84. The fourth-order valence-corrected chi connectivity index (χ4v) is 2.70. The van der Waals surface area contributed by atoms with Gasteiger partial charge in [-0.15, -0.1) is 59.0 Å². The van der Waals surface area contributed by atoms with Crippen LogP contribution in [0, 0.1) is 0 Å². The molecule has 0 unspecified atom stereocenters. The summed E-state index contributed by atoms with van der Waals surface area (Å²) in [6.07, 6.45) is 7.56. The predicted octanol–water partition coefficient (Wildman–Crippen LogP) is 6.45. The predicted molar refractivity (Wildman–Crippen MR) is 115 cm³/mol. The van der Waals surface area contributed by atoms with Crippen molar-refractivity contribution in [2.45, 2.75) is 0 Å². The van der Waals surface area contributed by atoms with E-state index in [9.17, 15) is 4.79 Å². The molecule has 0 atom stereocenters. The van der Waals surface area contributed by atoms with Crippen LogP contribution < -0.4 is 0 Å². The third kappa shape index (κ3) is 6.38. The molecule has 134 valence electrons. The van der Waals surface area contributed by atoms with E-state index in [2.05, 4.69) is 42.5 Å². The molecular weight excluding hydrogens is 376 g/mol. The van der Waals surface area contributed by atoms with E-state index in [1.807, 2.05) is 79.1 Å². The number of benzene rings is 3. The van der Waals surface area contributed by atoms with Crippen LogP contribution in [0.15, 0.2) is 115 Å². The van der Waals surface area contributed by atoms with Crippen molar-refractivity contribution < 1.29 is 26.5 Å². The number of rotatable bonds is 4. The summed E-state index contributed by atoms with van der Waals surface area (Å²) in [5.41, 5.74) is 2.54. The topological polar surface area (TPSA) is 17.1 Å². The minimum atomic E-state index is 0. The number of fused-ring (bicyclic) bond motifs is 1. The summed E-state index contributed by atoms with van der Waals surface area (Å²) in [4.78, 5) is 10.9. The normalized spacial score (nSPS) is 10.8. The Morgan fingerprint density at radius 2 is 1.43 bits per heavy atom. The zero-order valence-electron chi connectivity index (χ0n) is 15.5. The summed E-state index contributed by atoms with van der Waals surface area (Å²) < 4.78 is 0. The van der Waals surface area contributed by atoms with Crippen LogP contribution in [0.1, 0.15) is 11.1 Å². The van der Waals surface area contributed by atoms with E-state index in [0.29, 0.717) is 5.57 Å². The van der Waals surface area contributed by atoms with Crippen molar-refractivity contribution in [3.8, 4) is 0 Å². The summed E-state index contributed by atoms with van der Waals surface area (Å²) in [7, 11) is 0. The van der Waals surface area contributed by atoms with Crippen molar-refractivity contribution in [1.29, 1.82) is 0 Å². The van der Waals surface area contributed by atoms with Crippen LogP contribution in [-0.2, 0) is 26.5 Å². The molecule has 4 aromatic carbocycles. The molecule has 28 heavy (non-hydrogen) atoms. The van der Waals surface area contributed by atoms with E-state index in [1.54, 1.807) is 6.08 Å². The maximum Gasteiger partial charge on any atom is 2.00 e. The van der Waals surface area contributed by atoms with E-state index in [0.717, 1.165) is 11.1 Å². The number of hydrogen-bond acceptors (Lipinski definition) is 1. The Kier molecular flexibility index (Phi) is 9.01. The molecule has 1 nitrogen and oxygen atoms in total. The molecule has 0 saturated heterocycles. The van der Waals surface area contributed by atoms with Crippen molar-refractivity contribution in [2.24, 2.45) is 0 Å². The molecule has 0 fully saturated rings. The van der Waals surface area contributed by atoms with Gasteiger partial charge >= 0.3 is 21.7 Å². The van der Waals surface area contributed by atoms with Gasteiger partial charge in [0.25, 0.3) is 0 Å². The first-order chi connectivity index (χ1) is 13.4. The third-order valence-electron chi connectivity index (χ3n) is 4.09. The average molecular weight is 396 g/mol. The Morgan fingerprint density at radius 3 is 2.11 bits per heavy atom. The van der Waals surface area contributed by atoms with Crippen LogP contribution in [0.5, 0.6) is 0 Å². The van der Waals surface area contributed by atoms with Gasteiger partial charge in [0, 0.05) is 0 Å². The fourth-order valence-electron chi connectivity index (χ4n) is 2.70. The smallest absolute Gasteiger partial charge is 0.376 e. The van der Waals surface area contributed by atoms with Crippen molar-refractivity contribution in [3.63, 3.8) is 0 Å². The van der Waals surface area contributed by atoms with Gasteiger partial charge in [0.2, 0.25) is 0 Å². The summed E-state index contributed by atoms with van der Waals surface area (Å²) in [5.74, 6) is 0. The molecule has 0 bridgehead atoms. The maximum absolute atomic E-state index is 10.9. The average Bonchev–Trinajstić information content (AvgIpc) is 3.22. The van der Waals surface area contributed by atoms with Crippen molar-refractivity contribution in [1.82, 2.24) is 0 Å². The van der Waals surface area contributed by atoms with Crippen LogP contribution in [0.3, 0.4) is 0 Å². The molecule has 0 N–H and O–H groups in total. The van der Waals surface area contributed by atoms with Crippen LogP contribution in [-0.4, -0.2) is 6.29 Å². The Labute approximate surface area is 181 Å². The third-order valence-corrected chi connectivity index (χ3v) is 4.09. The first-order valence-corrected chi connectivity index (χ1v) is 8.84. The van der Waals surface area contributed by atoms with Crippen molar-refractivity contribution >= 4 is 28.7 Å².